The Bertz CT molecular complexity index is 546. The number of halogens is 4. The number of hydrogen-bond donors (Lipinski definition) is 2. The first-order chi connectivity index (χ1) is 8.62. The highest BCUT2D eigenvalue weighted by molar-refractivity contribution is 8.00. The summed E-state index contributed by atoms with van der Waals surface area (Å²) in [6.07, 6.45) is 0. The average Bonchev–Trinajstić information content (AvgIpc) is 2.27. The van der Waals surface area contributed by atoms with Crippen LogP contribution in [0.1, 0.15) is 0 Å². The summed E-state index contributed by atoms with van der Waals surface area (Å²) in [6.45, 7) is -0.399. The Kier molecular flexibility index (Phi) is 5.04. The van der Waals surface area contributed by atoms with Crippen LogP contribution in [0.4, 0.5) is 23.2 Å². The molecule has 10 heteroatoms. The van der Waals surface area contributed by atoms with E-state index < -0.39 is 33.6 Å². The number of nitrogen functional groups attached to an aromatic ring is 1. The number of benzene rings is 1. The van der Waals surface area contributed by atoms with Gasteiger partial charge in [0.05, 0.1) is 10.6 Å². The van der Waals surface area contributed by atoms with E-state index in [4.69, 9.17) is 5.73 Å². The van der Waals surface area contributed by atoms with Gasteiger partial charge in [0.1, 0.15) is 5.82 Å². The van der Waals surface area contributed by atoms with Crippen LogP contribution in [0.25, 0.3) is 0 Å². The summed E-state index contributed by atoms with van der Waals surface area (Å²) in [6, 6.07) is 2.74. The molecule has 3 N–H and O–H groups in total. The maximum Gasteiger partial charge on any atom is 0.441 e. The first-order valence-electron chi connectivity index (χ1n) is 4.87. The van der Waals surface area contributed by atoms with Gasteiger partial charge >= 0.3 is 5.51 Å². The van der Waals surface area contributed by atoms with Crippen LogP contribution >= 0.6 is 11.8 Å². The van der Waals surface area contributed by atoms with Gasteiger partial charge in [-0.25, -0.2) is 17.5 Å². The van der Waals surface area contributed by atoms with Crippen LogP contribution in [0.2, 0.25) is 0 Å². The Balaban J connectivity index is 2.63. The van der Waals surface area contributed by atoms with Gasteiger partial charge in [0.25, 0.3) is 0 Å². The summed E-state index contributed by atoms with van der Waals surface area (Å²) >= 11 is -0.337. The van der Waals surface area contributed by atoms with Gasteiger partial charge in [0.2, 0.25) is 10.0 Å². The Labute approximate surface area is 111 Å². The van der Waals surface area contributed by atoms with E-state index in [-0.39, 0.29) is 22.3 Å². The molecule has 0 saturated heterocycles. The van der Waals surface area contributed by atoms with Gasteiger partial charge in [-0.2, -0.15) is 13.2 Å². The number of nitrogens with one attached hydrogen (secondary N) is 1. The molecule has 0 fully saturated rings. The quantitative estimate of drug-likeness (QED) is 0.494. The first kappa shape index (κ1) is 16.1. The third kappa shape index (κ3) is 5.25. The zero-order valence-electron chi connectivity index (χ0n) is 9.37. The molecule has 1 aromatic carbocycles. The van der Waals surface area contributed by atoms with Gasteiger partial charge in [-0.1, -0.05) is 0 Å². The number of sulfonamides is 1. The molecule has 0 amide bonds. The minimum atomic E-state index is -4.41. The Morgan fingerprint density at radius 2 is 1.95 bits per heavy atom. The molecule has 0 aromatic heterocycles. The minimum absolute atomic E-state index is 0.302. The van der Waals surface area contributed by atoms with Crippen molar-refractivity contribution in [1.29, 1.82) is 0 Å². The third-order valence-electron chi connectivity index (χ3n) is 1.94. The molecule has 0 aliphatic carbocycles. The van der Waals surface area contributed by atoms with Crippen LogP contribution in [-0.4, -0.2) is 26.2 Å². The van der Waals surface area contributed by atoms with Gasteiger partial charge in [-0.3, -0.25) is 0 Å². The fraction of sp³-hybridized carbons (Fsp3) is 0.333. The van der Waals surface area contributed by atoms with E-state index in [2.05, 4.69) is 0 Å². The Morgan fingerprint density at radius 1 is 1.32 bits per heavy atom. The maximum atomic E-state index is 12.9. The molecule has 0 saturated carbocycles. The minimum Gasteiger partial charge on any atom is -0.396 e. The first-order valence-corrected chi connectivity index (χ1v) is 7.34. The second-order valence-corrected chi connectivity index (χ2v) is 6.30. The predicted octanol–water partition coefficient (Wildman–Crippen LogP) is 1.94. The van der Waals surface area contributed by atoms with Gasteiger partial charge in [-0.15, -0.1) is 0 Å². The molecular weight excluding hydrogens is 308 g/mol. The lowest BCUT2D eigenvalue weighted by molar-refractivity contribution is -0.0327. The average molecular weight is 318 g/mol. The van der Waals surface area contributed by atoms with Gasteiger partial charge in [0, 0.05) is 12.3 Å². The van der Waals surface area contributed by atoms with E-state index in [9.17, 15) is 26.0 Å². The Morgan fingerprint density at radius 3 is 2.47 bits per heavy atom. The van der Waals surface area contributed by atoms with Crippen LogP contribution < -0.4 is 10.5 Å². The van der Waals surface area contributed by atoms with Crippen LogP contribution in [0.5, 0.6) is 0 Å². The highest BCUT2D eigenvalue weighted by Gasteiger charge is 2.27. The largest absolute Gasteiger partial charge is 0.441 e. The molecular formula is C9H10F4N2O2S2. The van der Waals surface area contributed by atoms with Crippen LogP contribution in [0, 0.1) is 5.82 Å². The second-order valence-electron chi connectivity index (χ2n) is 3.38. The fourth-order valence-corrected chi connectivity index (χ4v) is 2.75. The summed E-state index contributed by atoms with van der Waals surface area (Å²) in [5.41, 5.74) is 0.444. The smallest absolute Gasteiger partial charge is 0.396 e. The summed E-state index contributed by atoms with van der Waals surface area (Å²) in [5.74, 6) is -1.23. The lowest BCUT2D eigenvalue weighted by Crippen LogP contribution is -2.26. The van der Waals surface area contributed by atoms with E-state index in [1.165, 1.54) is 0 Å². The van der Waals surface area contributed by atoms with Gasteiger partial charge < -0.3 is 5.73 Å². The van der Waals surface area contributed by atoms with Crippen LogP contribution in [0.3, 0.4) is 0 Å². The molecule has 0 aliphatic rings. The lowest BCUT2D eigenvalue weighted by Gasteiger charge is -2.08. The zero-order valence-corrected chi connectivity index (χ0v) is 11.0. The summed E-state index contributed by atoms with van der Waals surface area (Å²) in [7, 11) is -3.99. The molecule has 4 nitrogen and oxygen atoms in total. The molecule has 0 heterocycles. The fourth-order valence-electron chi connectivity index (χ4n) is 1.12. The summed E-state index contributed by atoms with van der Waals surface area (Å²) in [4.78, 5) is -0.302. The van der Waals surface area contributed by atoms with Crippen molar-refractivity contribution >= 4 is 27.5 Å². The molecule has 0 spiro atoms. The van der Waals surface area contributed by atoms with E-state index >= 15 is 0 Å². The van der Waals surface area contributed by atoms with E-state index in [0.717, 1.165) is 18.2 Å². The van der Waals surface area contributed by atoms with Crippen molar-refractivity contribution in [3.8, 4) is 0 Å². The van der Waals surface area contributed by atoms with Crippen LogP contribution in [0.15, 0.2) is 23.1 Å². The number of nitrogens with two attached hydrogens (primary N) is 1. The molecule has 0 atom stereocenters. The van der Waals surface area contributed by atoms with Crippen molar-refractivity contribution in [3.63, 3.8) is 0 Å². The molecule has 0 aliphatic heterocycles. The topological polar surface area (TPSA) is 72.2 Å². The van der Waals surface area contributed by atoms with Crippen LogP contribution in [-0.2, 0) is 10.0 Å². The maximum absolute atomic E-state index is 12.9. The molecule has 1 aromatic rings. The Hall–Kier alpha value is -1.00. The standard InChI is InChI=1S/C9H10F4N2O2S2/c10-7-2-1-6(5-8(7)14)19(16,17)15-3-4-18-9(11,12)13/h1-2,5,15H,3-4,14H2. The van der Waals surface area contributed by atoms with Gasteiger partial charge in [-0.05, 0) is 30.0 Å². The molecule has 0 unspecified atom stereocenters. The number of thioether (sulfide) groups is 1. The number of anilines is 1. The highest BCUT2D eigenvalue weighted by Crippen LogP contribution is 2.29. The van der Waals surface area contributed by atoms with Crippen molar-refractivity contribution in [3.05, 3.63) is 24.0 Å². The van der Waals surface area contributed by atoms with Crippen molar-refractivity contribution < 1.29 is 26.0 Å². The number of alkyl halides is 3. The molecule has 0 radical (unpaired) electrons. The highest BCUT2D eigenvalue weighted by atomic mass is 32.2. The van der Waals surface area contributed by atoms with Crippen molar-refractivity contribution in [2.45, 2.75) is 10.4 Å². The number of hydrogen-bond acceptors (Lipinski definition) is 4. The summed E-state index contributed by atoms with van der Waals surface area (Å²) in [5, 5.41) is 0. The molecule has 1 rings (SSSR count). The van der Waals surface area contributed by atoms with E-state index in [1.54, 1.807) is 0 Å². The SMILES string of the molecule is Nc1cc(S(=O)(=O)NCCSC(F)(F)F)ccc1F. The van der Waals surface area contributed by atoms with Crippen molar-refractivity contribution in [2.75, 3.05) is 18.0 Å². The van der Waals surface area contributed by atoms with E-state index in [0.29, 0.717) is 0 Å². The zero-order chi connectivity index (χ0) is 14.7. The van der Waals surface area contributed by atoms with Crippen molar-refractivity contribution in [2.24, 2.45) is 0 Å². The molecule has 19 heavy (non-hydrogen) atoms. The van der Waals surface area contributed by atoms with Crippen molar-refractivity contribution in [1.82, 2.24) is 4.72 Å². The third-order valence-corrected chi connectivity index (χ3v) is 4.13. The van der Waals surface area contributed by atoms with E-state index in [1.807, 2.05) is 4.72 Å². The lowest BCUT2D eigenvalue weighted by atomic mass is 10.3. The van der Waals surface area contributed by atoms with Gasteiger partial charge in [0.15, 0.2) is 0 Å². The second kappa shape index (κ2) is 5.97. The molecule has 108 valence electrons. The number of rotatable bonds is 5. The normalized spacial score (nSPS) is 12.6. The summed E-state index contributed by atoms with van der Waals surface area (Å²) < 4.78 is 73.6. The monoisotopic (exact) mass is 318 g/mol. The predicted molar refractivity (Wildman–Crippen MR) is 64.5 cm³/mol. The molecule has 0 bridgehead atoms.